The van der Waals surface area contributed by atoms with Gasteiger partial charge in [0.15, 0.2) is 0 Å². The highest BCUT2D eigenvalue weighted by Gasteiger charge is 1.98. The summed E-state index contributed by atoms with van der Waals surface area (Å²) in [5, 5.41) is 0. The summed E-state index contributed by atoms with van der Waals surface area (Å²) in [6.45, 7) is 8.20. The lowest BCUT2D eigenvalue weighted by Crippen LogP contribution is -1.89. The van der Waals surface area contributed by atoms with Crippen LogP contribution in [0.2, 0.25) is 0 Å². The van der Waals surface area contributed by atoms with E-state index in [1.54, 1.807) is 5.92 Å². The SMILES string of the molecule is C=CC[C](C)CCCCCC. The lowest BCUT2D eigenvalue weighted by molar-refractivity contribution is 0.631. The van der Waals surface area contributed by atoms with Crippen LogP contribution in [-0.4, -0.2) is 0 Å². The van der Waals surface area contributed by atoms with E-state index < -0.39 is 0 Å². The van der Waals surface area contributed by atoms with Gasteiger partial charge in [0.1, 0.15) is 0 Å². The lowest BCUT2D eigenvalue weighted by atomic mass is 10.00. The molecule has 0 aromatic heterocycles. The first-order valence-electron chi connectivity index (χ1n) is 4.73. The molecule has 0 aromatic carbocycles. The number of allylic oxidation sites excluding steroid dienone is 1. The summed E-state index contributed by atoms with van der Waals surface area (Å²) >= 11 is 0. The molecule has 0 aliphatic carbocycles. The predicted molar refractivity (Wildman–Crippen MR) is 52.5 cm³/mol. The maximum atomic E-state index is 3.72. The third-order valence-electron chi connectivity index (χ3n) is 1.95. The van der Waals surface area contributed by atoms with Crippen LogP contribution in [0, 0.1) is 5.92 Å². The minimum atomic E-state index is 1.10. The van der Waals surface area contributed by atoms with Crippen LogP contribution in [-0.2, 0) is 0 Å². The second kappa shape index (κ2) is 7.84. The fraction of sp³-hybridized carbons (Fsp3) is 0.727. The van der Waals surface area contributed by atoms with E-state index in [1.165, 1.54) is 32.1 Å². The van der Waals surface area contributed by atoms with Crippen molar-refractivity contribution in [2.24, 2.45) is 0 Å². The zero-order valence-electron chi connectivity index (χ0n) is 8.03. The third kappa shape index (κ3) is 7.64. The van der Waals surface area contributed by atoms with Gasteiger partial charge in [0.2, 0.25) is 0 Å². The molecule has 0 N–H and O–H groups in total. The number of hydrogen-bond acceptors (Lipinski definition) is 0. The Kier molecular flexibility index (Phi) is 7.66. The molecule has 0 heteroatoms. The van der Waals surface area contributed by atoms with Gasteiger partial charge in [0.25, 0.3) is 0 Å². The van der Waals surface area contributed by atoms with Crippen LogP contribution >= 0.6 is 0 Å². The minimum Gasteiger partial charge on any atom is -0.103 e. The zero-order valence-corrected chi connectivity index (χ0v) is 8.03. The van der Waals surface area contributed by atoms with Gasteiger partial charge in [0, 0.05) is 0 Å². The smallest absolute Gasteiger partial charge is 0.0235 e. The van der Waals surface area contributed by atoms with Crippen molar-refractivity contribution in [2.45, 2.75) is 52.4 Å². The van der Waals surface area contributed by atoms with Crippen LogP contribution in [0.4, 0.5) is 0 Å². The van der Waals surface area contributed by atoms with Crippen LogP contribution in [0.25, 0.3) is 0 Å². The summed E-state index contributed by atoms with van der Waals surface area (Å²) in [5.74, 6) is 1.58. The number of hydrogen-bond donors (Lipinski definition) is 0. The Morgan fingerprint density at radius 3 is 2.55 bits per heavy atom. The summed E-state index contributed by atoms with van der Waals surface area (Å²) in [4.78, 5) is 0. The van der Waals surface area contributed by atoms with Gasteiger partial charge in [-0.25, -0.2) is 0 Å². The van der Waals surface area contributed by atoms with E-state index in [2.05, 4.69) is 20.4 Å². The average Bonchev–Trinajstić information content (AvgIpc) is 1.99. The molecule has 0 saturated heterocycles. The monoisotopic (exact) mass is 153 g/mol. The van der Waals surface area contributed by atoms with Gasteiger partial charge in [-0.3, -0.25) is 0 Å². The van der Waals surface area contributed by atoms with E-state index in [4.69, 9.17) is 0 Å². The summed E-state index contributed by atoms with van der Waals surface area (Å²) in [6, 6.07) is 0. The molecule has 0 bridgehead atoms. The molecule has 0 nitrogen and oxygen atoms in total. The van der Waals surface area contributed by atoms with Gasteiger partial charge in [-0.1, -0.05) is 45.6 Å². The Hall–Kier alpha value is -0.260. The molecule has 65 valence electrons. The first kappa shape index (κ1) is 10.7. The normalized spacial score (nSPS) is 10.5. The molecular formula is C11H21. The van der Waals surface area contributed by atoms with Crippen LogP contribution in [0.5, 0.6) is 0 Å². The molecule has 0 aromatic rings. The van der Waals surface area contributed by atoms with E-state index in [9.17, 15) is 0 Å². The van der Waals surface area contributed by atoms with Crippen molar-refractivity contribution >= 4 is 0 Å². The molecular weight excluding hydrogens is 132 g/mol. The van der Waals surface area contributed by atoms with Crippen molar-refractivity contribution in [1.82, 2.24) is 0 Å². The molecule has 11 heavy (non-hydrogen) atoms. The van der Waals surface area contributed by atoms with Gasteiger partial charge in [-0.2, -0.15) is 0 Å². The topological polar surface area (TPSA) is 0 Å². The van der Waals surface area contributed by atoms with Crippen LogP contribution < -0.4 is 0 Å². The summed E-state index contributed by atoms with van der Waals surface area (Å²) in [5.41, 5.74) is 0. The molecule has 0 unspecified atom stereocenters. The van der Waals surface area contributed by atoms with Gasteiger partial charge >= 0.3 is 0 Å². The average molecular weight is 153 g/mol. The first-order valence-corrected chi connectivity index (χ1v) is 4.73. The Morgan fingerprint density at radius 1 is 1.27 bits per heavy atom. The lowest BCUT2D eigenvalue weighted by Gasteiger charge is -2.06. The van der Waals surface area contributed by atoms with Gasteiger partial charge in [-0.15, -0.1) is 6.58 Å². The quantitative estimate of drug-likeness (QED) is 0.381. The van der Waals surface area contributed by atoms with Crippen molar-refractivity contribution in [2.75, 3.05) is 0 Å². The predicted octanol–water partition coefficient (Wildman–Crippen LogP) is 4.13. The Bertz CT molecular complexity index is 84.0. The summed E-state index contributed by atoms with van der Waals surface area (Å²) in [6.07, 6.45) is 9.88. The van der Waals surface area contributed by atoms with E-state index in [0.29, 0.717) is 0 Å². The molecule has 0 aliphatic heterocycles. The van der Waals surface area contributed by atoms with Crippen molar-refractivity contribution in [1.29, 1.82) is 0 Å². The molecule has 0 spiro atoms. The standard InChI is InChI=1S/C11H21/c1-4-6-7-8-10-11(3)9-5-2/h5H,2,4,6-10H2,1,3H3. The van der Waals surface area contributed by atoms with Crippen LogP contribution in [0.15, 0.2) is 12.7 Å². The van der Waals surface area contributed by atoms with Crippen molar-refractivity contribution in [3.63, 3.8) is 0 Å². The Labute approximate surface area is 71.7 Å². The maximum absolute atomic E-state index is 3.72. The Balaban J connectivity index is 3.03. The second-order valence-electron chi connectivity index (χ2n) is 3.26. The van der Waals surface area contributed by atoms with E-state index in [0.717, 1.165) is 6.42 Å². The van der Waals surface area contributed by atoms with Crippen LogP contribution in [0.3, 0.4) is 0 Å². The van der Waals surface area contributed by atoms with Crippen molar-refractivity contribution < 1.29 is 0 Å². The van der Waals surface area contributed by atoms with E-state index in [-0.39, 0.29) is 0 Å². The summed E-state index contributed by atoms with van der Waals surface area (Å²) in [7, 11) is 0. The molecule has 0 aliphatic rings. The van der Waals surface area contributed by atoms with Crippen molar-refractivity contribution in [3.05, 3.63) is 18.6 Å². The van der Waals surface area contributed by atoms with Crippen LogP contribution in [0.1, 0.15) is 52.4 Å². The largest absolute Gasteiger partial charge is 0.103 e. The van der Waals surface area contributed by atoms with E-state index >= 15 is 0 Å². The molecule has 0 rings (SSSR count). The molecule has 0 fully saturated rings. The van der Waals surface area contributed by atoms with Crippen molar-refractivity contribution in [3.8, 4) is 0 Å². The fourth-order valence-corrected chi connectivity index (χ4v) is 1.20. The zero-order chi connectivity index (χ0) is 8.53. The number of rotatable bonds is 7. The third-order valence-corrected chi connectivity index (χ3v) is 1.95. The number of unbranched alkanes of at least 4 members (excludes halogenated alkanes) is 3. The highest BCUT2D eigenvalue weighted by molar-refractivity contribution is 4.90. The molecule has 0 saturated carbocycles. The van der Waals surface area contributed by atoms with Gasteiger partial charge in [-0.05, 0) is 18.8 Å². The highest BCUT2D eigenvalue weighted by atomic mass is 14.0. The van der Waals surface area contributed by atoms with E-state index in [1.807, 2.05) is 6.08 Å². The van der Waals surface area contributed by atoms with Gasteiger partial charge in [0.05, 0.1) is 0 Å². The second-order valence-corrected chi connectivity index (χ2v) is 3.26. The minimum absolute atomic E-state index is 1.10. The maximum Gasteiger partial charge on any atom is -0.0235 e. The molecule has 0 atom stereocenters. The fourth-order valence-electron chi connectivity index (χ4n) is 1.20. The molecule has 0 amide bonds. The van der Waals surface area contributed by atoms with Gasteiger partial charge < -0.3 is 0 Å². The molecule has 0 heterocycles. The molecule has 1 radical (unpaired) electrons. The Morgan fingerprint density at radius 2 is 2.00 bits per heavy atom. The first-order chi connectivity index (χ1) is 5.31. The summed E-state index contributed by atoms with van der Waals surface area (Å²) < 4.78 is 0. The highest BCUT2D eigenvalue weighted by Crippen LogP contribution is 2.15.